The molecule has 0 aliphatic carbocycles. The van der Waals surface area contributed by atoms with Gasteiger partial charge in [-0.15, -0.1) is 0 Å². The second kappa shape index (κ2) is 6.22. The van der Waals surface area contributed by atoms with E-state index in [1.54, 1.807) is 11.0 Å². The Morgan fingerprint density at radius 3 is 2.91 bits per heavy atom. The Balaban J connectivity index is 1.83. The Hall–Kier alpha value is -1.66. The highest BCUT2D eigenvalue weighted by atomic mass is 19.1. The highest BCUT2D eigenvalue weighted by Gasteiger charge is 2.33. The summed E-state index contributed by atoms with van der Waals surface area (Å²) < 4.78 is 19.2. The average Bonchev–Trinajstić information content (AvgIpc) is 2.55. The van der Waals surface area contributed by atoms with Crippen molar-refractivity contribution in [3.63, 3.8) is 0 Å². The minimum atomic E-state index is -0.435. The first-order valence-corrected chi connectivity index (χ1v) is 7.76. The van der Waals surface area contributed by atoms with Crippen molar-refractivity contribution >= 4 is 17.3 Å². The van der Waals surface area contributed by atoms with E-state index in [4.69, 9.17) is 4.74 Å². The molecule has 0 aromatic heterocycles. The van der Waals surface area contributed by atoms with Crippen LogP contribution in [-0.2, 0) is 9.53 Å². The van der Waals surface area contributed by atoms with Gasteiger partial charge in [0.05, 0.1) is 18.0 Å². The smallest absolute Gasteiger partial charge is 0.257 e. The topological polar surface area (TPSA) is 36.0 Å². The molecule has 0 spiro atoms. The van der Waals surface area contributed by atoms with E-state index in [0.717, 1.165) is 24.5 Å². The van der Waals surface area contributed by atoms with Gasteiger partial charge in [0.2, 0.25) is 0 Å². The van der Waals surface area contributed by atoms with Crippen LogP contribution in [0.25, 0.3) is 0 Å². The van der Waals surface area contributed by atoms with Crippen molar-refractivity contribution in [1.29, 1.82) is 0 Å². The van der Waals surface area contributed by atoms with Crippen LogP contribution in [0, 0.1) is 5.82 Å². The summed E-state index contributed by atoms with van der Waals surface area (Å²) in [6, 6.07) is 4.56. The van der Waals surface area contributed by atoms with Gasteiger partial charge in [-0.2, -0.15) is 0 Å². The lowest BCUT2D eigenvalue weighted by Gasteiger charge is -2.39. The number of ether oxygens (including phenoxy) is 1. The van der Waals surface area contributed by atoms with Crippen LogP contribution in [0.2, 0.25) is 0 Å². The van der Waals surface area contributed by atoms with Gasteiger partial charge in [0.15, 0.2) is 0 Å². The van der Waals surface area contributed by atoms with E-state index in [1.807, 2.05) is 11.9 Å². The minimum absolute atomic E-state index is 0.0286. The lowest BCUT2D eigenvalue weighted by Crippen LogP contribution is -2.53. The van der Waals surface area contributed by atoms with Crippen LogP contribution in [0.4, 0.5) is 15.8 Å². The summed E-state index contributed by atoms with van der Waals surface area (Å²) in [5.74, 6) is -0.315. The van der Waals surface area contributed by atoms with Gasteiger partial charge in [0, 0.05) is 33.2 Å². The molecule has 1 atom stereocenters. The third kappa shape index (κ3) is 2.80. The van der Waals surface area contributed by atoms with Crippen LogP contribution >= 0.6 is 0 Å². The van der Waals surface area contributed by atoms with Crippen molar-refractivity contribution in [2.24, 2.45) is 0 Å². The summed E-state index contributed by atoms with van der Waals surface area (Å²) >= 11 is 0. The maximum Gasteiger partial charge on any atom is 0.257 e. The number of anilines is 2. The van der Waals surface area contributed by atoms with Gasteiger partial charge in [-0.1, -0.05) is 6.92 Å². The predicted octanol–water partition coefficient (Wildman–Crippen LogP) is 1.33. The lowest BCUT2D eigenvalue weighted by atomic mass is 10.1. The zero-order chi connectivity index (χ0) is 15.7. The van der Waals surface area contributed by atoms with Gasteiger partial charge < -0.3 is 14.5 Å². The Kier molecular flexibility index (Phi) is 4.31. The van der Waals surface area contributed by atoms with E-state index in [2.05, 4.69) is 11.8 Å². The monoisotopic (exact) mass is 307 g/mol. The number of rotatable bonds is 2. The molecule has 1 aromatic carbocycles. The van der Waals surface area contributed by atoms with E-state index in [1.165, 1.54) is 12.1 Å². The number of carbonyl (C=O) groups excluding carboxylic acids is 1. The molecule has 0 saturated carbocycles. The van der Waals surface area contributed by atoms with E-state index in [-0.39, 0.29) is 11.7 Å². The molecule has 1 fully saturated rings. The van der Waals surface area contributed by atoms with E-state index in [0.29, 0.717) is 26.2 Å². The van der Waals surface area contributed by atoms with Gasteiger partial charge >= 0.3 is 0 Å². The highest BCUT2D eigenvalue weighted by molar-refractivity contribution is 6.00. The van der Waals surface area contributed by atoms with Crippen LogP contribution in [-0.4, -0.2) is 63.3 Å². The standard InChI is InChI=1S/C16H22FN3O2/c1-3-19-8-9-22-15(11-19)16(21)20-7-6-18(2)14-10-12(17)4-5-13(14)20/h4-5,10,15H,3,6-9,11H2,1-2H3/t15-/m1/s1. The number of hydrogen-bond donors (Lipinski definition) is 0. The third-order valence-electron chi connectivity index (χ3n) is 4.44. The molecule has 22 heavy (non-hydrogen) atoms. The Morgan fingerprint density at radius 1 is 1.32 bits per heavy atom. The van der Waals surface area contributed by atoms with Gasteiger partial charge in [0.1, 0.15) is 11.9 Å². The van der Waals surface area contributed by atoms with Crippen molar-refractivity contribution in [3.8, 4) is 0 Å². The molecular formula is C16H22FN3O2. The molecule has 2 aliphatic rings. The molecule has 1 amide bonds. The number of morpholine rings is 1. The quantitative estimate of drug-likeness (QED) is 0.826. The molecule has 120 valence electrons. The molecule has 0 radical (unpaired) electrons. The average molecular weight is 307 g/mol. The van der Waals surface area contributed by atoms with Crippen LogP contribution in [0.3, 0.4) is 0 Å². The number of nitrogens with zero attached hydrogens (tertiary/aromatic N) is 3. The molecule has 6 heteroatoms. The number of amides is 1. The SMILES string of the molecule is CCN1CCO[C@@H](C(=O)N2CCN(C)c3cc(F)ccc32)C1. The van der Waals surface area contributed by atoms with Crippen molar-refractivity contribution in [2.75, 3.05) is 56.2 Å². The molecule has 2 aliphatic heterocycles. The van der Waals surface area contributed by atoms with Crippen molar-refractivity contribution in [3.05, 3.63) is 24.0 Å². The zero-order valence-electron chi connectivity index (χ0n) is 13.1. The maximum absolute atomic E-state index is 13.5. The second-order valence-electron chi connectivity index (χ2n) is 5.80. The number of carbonyl (C=O) groups is 1. The minimum Gasteiger partial charge on any atom is -0.371 e. The first kappa shape index (κ1) is 15.2. The summed E-state index contributed by atoms with van der Waals surface area (Å²) in [5.41, 5.74) is 1.51. The van der Waals surface area contributed by atoms with Crippen LogP contribution in [0.1, 0.15) is 6.92 Å². The third-order valence-corrected chi connectivity index (χ3v) is 4.44. The van der Waals surface area contributed by atoms with E-state index < -0.39 is 6.10 Å². The molecule has 0 unspecified atom stereocenters. The van der Waals surface area contributed by atoms with Gasteiger partial charge in [0.25, 0.3) is 5.91 Å². The normalized spacial score (nSPS) is 22.6. The van der Waals surface area contributed by atoms with Gasteiger partial charge in [-0.05, 0) is 24.7 Å². The summed E-state index contributed by atoms with van der Waals surface area (Å²) in [6.07, 6.45) is -0.435. The van der Waals surface area contributed by atoms with E-state index in [9.17, 15) is 9.18 Å². The highest BCUT2D eigenvalue weighted by Crippen LogP contribution is 2.33. The van der Waals surface area contributed by atoms with Crippen LogP contribution in [0.5, 0.6) is 0 Å². The fourth-order valence-electron chi connectivity index (χ4n) is 3.06. The van der Waals surface area contributed by atoms with E-state index >= 15 is 0 Å². The van der Waals surface area contributed by atoms with Crippen LogP contribution < -0.4 is 9.80 Å². The molecular weight excluding hydrogens is 285 g/mol. The molecule has 5 nitrogen and oxygen atoms in total. The van der Waals surface area contributed by atoms with Crippen molar-refractivity contribution in [1.82, 2.24) is 4.90 Å². The van der Waals surface area contributed by atoms with Gasteiger partial charge in [-0.3, -0.25) is 9.69 Å². The molecule has 2 heterocycles. The summed E-state index contributed by atoms with van der Waals surface area (Å²) in [6.45, 7) is 6.35. The summed E-state index contributed by atoms with van der Waals surface area (Å²) in [4.78, 5) is 18.8. The Bertz CT molecular complexity index is 566. The predicted molar refractivity (Wildman–Crippen MR) is 83.9 cm³/mol. The Morgan fingerprint density at radius 2 is 2.14 bits per heavy atom. The Labute approximate surface area is 130 Å². The zero-order valence-corrected chi connectivity index (χ0v) is 13.1. The molecule has 3 rings (SSSR count). The number of halogens is 1. The number of likely N-dealkylation sites (N-methyl/N-ethyl adjacent to an activating group) is 2. The largest absolute Gasteiger partial charge is 0.371 e. The fraction of sp³-hybridized carbons (Fsp3) is 0.562. The molecule has 1 aromatic rings. The molecule has 1 saturated heterocycles. The van der Waals surface area contributed by atoms with Crippen molar-refractivity contribution < 1.29 is 13.9 Å². The molecule has 0 N–H and O–H groups in total. The number of benzene rings is 1. The summed E-state index contributed by atoms with van der Waals surface area (Å²) in [5, 5.41) is 0. The maximum atomic E-state index is 13.5. The summed E-state index contributed by atoms with van der Waals surface area (Å²) in [7, 11) is 1.91. The number of fused-ring (bicyclic) bond motifs is 1. The first-order chi connectivity index (χ1) is 10.6. The second-order valence-corrected chi connectivity index (χ2v) is 5.80. The van der Waals surface area contributed by atoms with Crippen LogP contribution in [0.15, 0.2) is 18.2 Å². The first-order valence-electron chi connectivity index (χ1n) is 7.76. The lowest BCUT2D eigenvalue weighted by molar-refractivity contribution is -0.135. The van der Waals surface area contributed by atoms with Gasteiger partial charge in [-0.25, -0.2) is 4.39 Å². The molecule has 0 bridgehead atoms. The van der Waals surface area contributed by atoms with Crippen molar-refractivity contribution in [2.45, 2.75) is 13.0 Å². The fourth-order valence-corrected chi connectivity index (χ4v) is 3.06. The number of hydrogen-bond acceptors (Lipinski definition) is 4.